The summed E-state index contributed by atoms with van der Waals surface area (Å²) in [7, 11) is 2.13. The molecule has 5 rings (SSSR count). The van der Waals surface area contributed by atoms with Gasteiger partial charge in [0.2, 0.25) is 5.91 Å². The molecule has 0 aromatic carbocycles. The minimum absolute atomic E-state index is 0.113. The van der Waals surface area contributed by atoms with Crippen molar-refractivity contribution in [3.05, 3.63) is 30.0 Å². The highest BCUT2D eigenvalue weighted by molar-refractivity contribution is 5.91. The Labute approximate surface area is 171 Å². The SMILES string of the molecule is CN(C/C=C/C(=O)N1CCC(Nc2n[nH]c3nccc(C4CCC4)c23)C1)C1CC1. The summed E-state index contributed by atoms with van der Waals surface area (Å²) in [5.74, 6) is 1.62. The van der Waals surface area contributed by atoms with Gasteiger partial charge in [0, 0.05) is 44.0 Å². The van der Waals surface area contributed by atoms with Crippen molar-refractivity contribution in [3.8, 4) is 0 Å². The van der Waals surface area contributed by atoms with E-state index in [1.807, 2.05) is 17.2 Å². The molecule has 3 aliphatic rings. The minimum Gasteiger partial charge on any atom is -0.363 e. The summed E-state index contributed by atoms with van der Waals surface area (Å²) in [6.45, 7) is 2.35. The van der Waals surface area contributed by atoms with Gasteiger partial charge in [-0.15, -0.1) is 0 Å². The van der Waals surface area contributed by atoms with E-state index in [4.69, 9.17) is 0 Å². The molecule has 2 saturated carbocycles. The number of hydrogen-bond donors (Lipinski definition) is 2. The molecule has 3 fully saturated rings. The maximum atomic E-state index is 12.5. The zero-order chi connectivity index (χ0) is 19.8. The van der Waals surface area contributed by atoms with E-state index in [2.05, 4.69) is 38.5 Å². The average molecular weight is 395 g/mol. The van der Waals surface area contributed by atoms with Crippen LogP contribution >= 0.6 is 0 Å². The molecule has 2 aromatic heterocycles. The Morgan fingerprint density at radius 1 is 1.34 bits per heavy atom. The zero-order valence-electron chi connectivity index (χ0n) is 17.1. The first-order chi connectivity index (χ1) is 14.2. The van der Waals surface area contributed by atoms with Gasteiger partial charge in [0.1, 0.15) is 0 Å². The van der Waals surface area contributed by atoms with Crippen LogP contribution in [0.5, 0.6) is 0 Å². The minimum atomic E-state index is 0.113. The molecule has 154 valence electrons. The zero-order valence-corrected chi connectivity index (χ0v) is 17.1. The van der Waals surface area contributed by atoms with Crippen LogP contribution in [0.25, 0.3) is 11.0 Å². The quantitative estimate of drug-likeness (QED) is 0.706. The van der Waals surface area contributed by atoms with Crippen LogP contribution in [0.15, 0.2) is 24.4 Å². The number of amides is 1. The van der Waals surface area contributed by atoms with Crippen LogP contribution < -0.4 is 5.32 Å². The Morgan fingerprint density at radius 2 is 2.21 bits per heavy atom. The van der Waals surface area contributed by atoms with E-state index in [9.17, 15) is 4.79 Å². The molecular weight excluding hydrogens is 364 g/mol. The van der Waals surface area contributed by atoms with Gasteiger partial charge in [-0.05, 0) is 56.7 Å². The van der Waals surface area contributed by atoms with Crippen molar-refractivity contribution >= 4 is 22.8 Å². The van der Waals surface area contributed by atoms with E-state index in [-0.39, 0.29) is 11.9 Å². The lowest BCUT2D eigenvalue weighted by Gasteiger charge is -2.26. The fourth-order valence-corrected chi connectivity index (χ4v) is 4.50. The van der Waals surface area contributed by atoms with Gasteiger partial charge >= 0.3 is 0 Å². The van der Waals surface area contributed by atoms with Gasteiger partial charge in [0.05, 0.1) is 5.39 Å². The molecule has 7 nitrogen and oxygen atoms in total. The predicted molar refractivity (Wildman–Crippen MR) is 114 cm³/mol. The van der Waals surface area contributed by atoms with Gasteiger partial charge in [-0.1, -0.05) is 12.5 Å². The van der Waals surface area contributed by atoms with Gasteiger partial charge in [-0.2, -0.15) is 5.10 Å². The normalized spacial score (nSPS) is 22.7. The number of nitrogens with one attached hydrogen (secondary N) is 2. The number of nitrogens with zero attached hydrogens (tertiary/aromatic N) is 4. The second-order valence-corrected chi connectivity index (χ2v) is 8.81. The highest BCUT2D eigenvalue weighted by Crippen LogP contribution is 2.40. The Bertz CT molecular complexity index is 913. The summed E-state index contributed by atoms with van der Waals surface area (Å²) in [4.78, 5) is 21.2. The molecule has 1 unspecified atom stereocenters. The molecule has 2 aromatic rings. The number of anilines is 1. The first-order valence-electron chi connectivity index (χ1n) is 10.9. The van der Waals surface area contributed by atoms with E-state index in [0.29, 0.717) is 5.92 Å². The lowest BCUT2D eigenvalue weighted by Crippen LogP contribution is -2.30. The summed E-state index contributed by atoms with van der Waals surface area (Å²) in [6.07, 6.45) is 12.9. The molecule has 1 saturated heterocycles. The molecule has 2 N–H and O–H groups in total. The second-order valence-electron chi connectivity index (χ2n) is 8.81. The van der Waals surface area contributed by atoms with Crippen molar-refractivity contribution in [2.24, 2.45) is 0 Å². The standard InChI is InChI=1S/C22H30N6O/c1-27(17-7-8-17)12-3-6-19(29)28-13-10-16(14-28)24-22-20-18(15-4-2-5-15)9-11-23-21(20)25-26-22/h3,6,9,11,15-17H,2,4-5,7-8,10,12-14H2,1H3,(H2,23,24,25,26)/b6-3+. The second kappa shape index (κ2) is 7.78. The predicted octanol–water partition coefficient (Wildman–Crippen LogP) is 2.89. The highest BCUT2D eigenvalue weighted by Gasteiger charge is 2.29. The fourth-order valence-electron chi connectivity index (χ4n) is 4.50. The van der Waals surface area contributed by atoms with Gasteiger partial charge < -0.3 is 10.2 Å². The van der Waals surface area contributed by atoms with Crippen LogP contribution in [0.3, 0.4) is 0 Å². The summed E-state index contributed by atoms with van der Waals surface area (Å²) >= 11 is 0. The molecule has 0 bridgehead atoms. The maximum absolute atomic E-state index is 12.5. The lowest BCUT2D eigenvalue weighted by molar-refractivity contribution is -0.125. The first-order valence-corrected chi connectivity index (χ1v) is 10.9. The van der Waals surface area contributed by atoms with Crippen molar-refractivity contribution in [2.75, 3.05) is 32.0 Å². The number of hydrogen-bond acceptors (Lipinski definition) is 5. The number of carbonyl (C=O) groups excluding carboxylic acids is 1. The number of aromatic amines is 1. The van der Waals surface area contributed by atoms with Crippen LogP contribution in [-0.2, 0) is 4.79 Å². The molecule has 3 heterocycles. The van der Waals surface area contributed by atoms with Crippen LogP contribution in [0.1, 0.15) is 50.0 Å². The fraction of sp³-hybridized carbons (Fsp3) is 0.591. The molecule has 0 spiro atoms. The lowest BCUT2D eigenvalue weighted by atomic mass is 9.79. The van der Waals surface area contributed by atoms with Crippen LogP contribution in [0.4, 0.5) is 5.82 Å². The van der Waals surface area contributed by atoms with Gasteiger partial charge in [-0.3, -0.25) is 14.8 Å². The molecule has 1 atom stereocenters. The largest absolute Gasteiger partial charge is 0.363 e. The number of pyridine rings is 1. The van der Waals surface area contributed by atoms with E-state index < -0.39 is 0 Å². The number of fused-ring (bicyclic) bond motifs is 1. The van der Waals surface area contributed by atoms with Gasteiger partial charge in [-0.25, -0.2) is 4.98 Å². The van der Waals surface area contributed by atoms with E-state index >= 15 is 0 Å². The summed E-state index contributed by atoms with van der Waals surface area (Å²) in [5.41, 5.74) is 2.21. The van der Waals surface area contributed by atoms with Gasteiger partial charge in [0.15, 0.2) is 11.5 Å². The molecule has 1 amide bonds. The average Bonchev–Trinajstić information content (AvgIpc) is 3.30. The number of likely N-dealkylation sites (N-methyl/N-ethyl adjacent to an activating group) is 1. The Kier molecular flexibility index (Phi) is 4.99. The molecule has 2 aliphatic carbocycles. The van der Waals surface area contributed by atoms with Crippen molar-refractivity contribution in [1.29, 1.82) is 0 Å². The highest BCUT2D eigenvalue weighted by atomic mass is 16.2. The Morgan fingerprint density at radius 3 is 2.97 bits per heavy atom. The van der Waals surface area contributed by atoms with E-state index in [0.717, 1.165) is 48.9 Å². The van der Waals surface area contributed by atoms with Crippen molar-refractivity contribution < 1.29 is 4.79 Å². The van der Waals surface area contributed by atoms with Crippen LogP contribution in [0.2, 0.25) is 0 Å². The smallest absolute Gasteiger partial charge is 0.246 e. The number of carbonyl (C=O) groups is 1. The summed E-state index contributed by atoms with van der Waals surface area (Å²) in [6, 6.07) is 3.08. The number of aromatic nitrogens is 3. The molecular formula is C22H30N6O. The summed E-state index contributed by atoms with van der Waals surface area (Å²) < 4.78 is 0. The van der Waals surface area contributed by atoms with E-state index in [1.54, 1.807) is 6.08 Å². The monoisotopic (exact) mass is 394 g/mol. The topological polar surface area (TPSA) is 77.2 Å². The van der Waals surface area contributed by atoms with Gasteiger partial charge in [0.25, 0.3) is 0 Å². The number of likely N-dealkylation sites (tertiary alicyclic amines) is 1. The molecule has 0 radical (unpaired) electrons. The number of rotatable bonds is 7. The van der Waals surface area contributed by atoms with Crippen molar-refractivity contribution in [1.82, 2.24) is 25.0 Å². The maximum Gasteiger partial charge on any atom is 0.246 e. The number of H-pyrrole nitrogens is 1. The summed E-state index contributed by atoms with van der Waals surface area (Å²) in [5, 5.41) is 12.3. The first kappa shape index (κ1) is 18.6. The Balaban J connectivity index is 1.21. The third-order valence-electron chi connectivity index (χ3n) is 6.70. The third-order valence-corrected chi connectivity index (χ3v) is 6.70. The van der Waals surface area contributed by atoms with Crippen LogP contribution in [-0.4, -0.2) is 69.7 Å². The van der Waals surface area contributed by atoms with Crippen molar-refractivity contribution in [3.63, 3.8) is 0 Å². The molecule has 1 aliphatic heterocycles. The van der Waals surface area contributed by atoms with E-state index in [1.165, 1.54) is 37.7 Å². The third kappa shape index (κ3) is 3.88. The Hall–Kier alpha value is -2.41. The molecule has 29 heavy (non-hydrogen) atoms. The molecule has 7 heteroatoms. The van der Waals surface area contributed by atoms with Crippen molar-refractivity contribution in [2.45, 2.75) is 56.5 Å². The van der Waals surface area contributed by atoms with Crippen LogP contribution in [0, 0.1) is 0 Å².